The molecule has 1 aliphatic rings. The summed E-state index contributed by atoms with van der Waals surface area (Å²) in [6.45, 7) is 1.42. The number of benzene rings is 1. The van der Waals surface area contributed by atoms with Crippen molar-refractivity contribution in [2.75, 3.05) is 30.8 Å². The molecule has 0 aliphatic carbocycles. The van der Waals surface area contributed by atoms with Crippen molar-refractivity contribution < 1.29 is 9.13 Å². The zero-order valence-electron chi connectivity index (χ0n) is 8.03. The number of methoxy groups -OCH3 is 1. The van der Waals surface area contributed by atoms with E-state index < -0.39 is 0 Å². The molecule has 2 rings (SSSR count). The van der Waals surface area contributed by atoms with E-state index in [1.54, 1.807) is 19.2 Å². The number of nitrogens with zero attached hydrogens (tertiary/aromatic N) is 1. The number of para-hydroxylation sites is 1. The van der Waals surface area contributed by atoms with Crippen molar-refractivity contribution in [2.45, 2.75) is 6.10 Å². The van der Waals surface area contributed by atoms with Crippen molar-refractivity contribution in [3.63, 3.8) is 0 Å². The molecular weight excluding hydrogens is 183 g/mol. The van der Waals surface area contributed by atoms with E-state index in [2.05, 4.69) is 0 Å². The Morgan fingerprint density at radius 2 is 2.21 bits per heavy atom. The predicted octanol–water partition coefficient (Wildman–Crippen LogP) is 1.24. The first-order valence-electron chi connectivity index (χ1n) is 4.54. The van der Waals surface area contributed by atoms with Gasteiger partial charge >= 0.3 is 0 Å². The van der Waals surface area contributed by atoms with E-state index in [0.717, 1.165) is 0 Å². The molecule has 0 atom stereocenters. The zero-order chi connectivity index (χ0) is 10.1. The summed E-state index contributed by atoms with van der Waals surface area (Å²) in [6, 6.07) is 4.74. The Morgan fingerprint density at radius 3 is 2.79 bits per heavy atom. The summed E-state index contributed by atoms with van der Waals surface area (Å²) in [7, 11) is 1.66. The molecule has 0 spiro atoms. The Bertz CT molecular complexity index is 317. The van der Waals surface area contributed by atoms with Crippen molar-refractivity contribution >= 4 is 11.4 Å². The van der Waals surface area contributed by atoms with Gasteiger partial charge in [-0.15, -0.1) is 0 Å². The summed E-state index contributed by atoms with van der Waals surface area (Å²) in [5, 5.41) is 0. The van der Waals surface area contributed by atoms with E-state index in [-0.39, 0.29) is 11.9 Å². The number of hydrogen-bond donors (Lipinski definition) is 1. The highest BCUT2D eigenvalue weighted by molar-refractivity contribution is 5.69. The van der Waals surface area contributed by atoms with Crippen LogP contribution in [0, 0.1) is 5.82 Å². The second-order valence-electron chi connectivity index (χ2n) is 3.44. The minimum atomic E-state index is -0.264. The van der Waals surface area contributed by atoms with Crippen molar-refractivity contribution in [3.8, 4) is 0 Å². The molecule has 1 aromatic rings. The topological polar surface area (TPSA) is 38.5 Å². The largest absolute Gasteiger partial charge is 0.397 e. The van der Waals surface area contributed by atoms with Gasteiger partial charge in [-0.2, -0.15) is 0 Å². The van der Waals surface area contributed by atoms with Gasteiger partial charge in [0.25, 0.3) is 0 Å². The van der Waals surface area contributed by atoms with E-state index >= 15 is 0 Å². The average molecular weight is 196 g/mol. The number of nitrogens with two attached hydrogens (primary N) is 1. The Kier molecular flexibility index (Phi) is 2.29. The number of rotatable bonds is 2. The molecule has 1 heterocycles. The monoisotopic (exact) mass is 196 g/mol. The quantitative estimate of drug-likeness (QED) is 0.723. The summed E-state index contributed by atoms with van der Waals surface area (Å²) < 4.78 is 18.5. The van der Waals surface area contributed by atoms with Gasteiger partial charge in [0.1, 0.15) is 5.82 Å². The lowest BCUT2D eigenvalue weighted by Crippen LogP contribution is -2.52. The third kappa shape index (κ3) is 1.42. The van der Waals surface area contributed by atoms with Gasteiger partial charge < -0.3 is 15.4 Å². The maximum absolute atomic E-state index is 13.4. The first kappa shape index (κ1) is 9.27. The number of hydrogen-bond acceptors (Lipinski definition) is 3. The lowest BCUT2D eigenvalue weighted by Gasteiger charge is -2.40. The van der Waals surface area contributed by atoms with Crippen molar-refractivity contribution in [1.29, 1.82) is 0 Å². The van der Waals surface area contributed by atoms with Gasteiger partial charge in [0, 0.05) is 20.2 Å². The fraction of sp³-hybridized carbons (Fsp3) is 0.400. The van der Waals surface area contributed by atoms with E-state index in [1.807, 2.05) is 4.90 Å². The van der Waals surface area contributed by atoms with Crippen LogP contribution in [-0.2, 0) is 4.74 Å². The molecule has 0 saturated carbocycles. The standard InChI is InChI=1S/C10H13FN2O/c1-14-7-5-13(6-7)10-8(11)3-2-4-9(10)12/h2-4,7H,5-6,12H2,1H3. The van der Waals surface area contributed by atoms with Gasteiger partial charge in [-0.3, -0.25) is 0 Å². The average Bonchev–Trinajstić information content (AvgIpc) is 2.08. The molecule has 1 fully saturated rings. The van der Waals surface area contributed by atoms with E-state index in [4.69, 9.17) is 10.5 Å². The van der Waals surface area contributed by atoms with Crippen LogP contribution in [-0.4, -0.2) is 26.3 Å². The van der Waals surface area contributed by atoms with Gasteiger partial charge in [-0.05, 0) is 12.1 Å². The van der Waals surface area contributed by atoms with E-state index in [1.165, 1.54) is 6.07 Å². The van der Waals surface area contributed by atoms with Crippen LogP contribution >= 0.6 is 0 Å². The van der Waals surface area contributed by atoms with Crippen LogP contribution in [0.4, 0.5) is 15.8 Å². The van der Waals surface area contributed by atoms with Crippen LogP contribution in [0.2, 0.25) is 0 Å². The molecule has 2 N–H and O–H groups in total. The van der Waals surface area contributed by atoms with Gasteiger partial charge in [0.05, 0.1) is 17.5 Å². The van der Waals surface area contributed by atoms with Crippen molar-refractivity contribution in [3.05, 3.63) is 24.0 Å². The highest BCUT2D eigenvalue weighted by atomic mass is 19.1. The van der Waals surface area contributed by atoms with Gasteiger partial charge in [0.15, 0.2) is 0 Å². The summed E-state index contributed by atoms with van der Waals surface area (Å²) in [6.07, 6.45) is 0.203. The molecule has 76 valence electrons. The minimum Gasteiger partial charge on any atom is -0.397 e. The molecule has 4 heteroatoms. The normalized spacial score (nSPS) is 16.9. The van der Waals surface area contributed by atoms with Crippen LogP contribution in [0.3, 0.4) is 0 Å². The third-order valence-electron chi connectivity index (χ3n) is 2.52. The summed E-state index contributed by atoms with van der Waals surface area (Å²) >= 11 is 0. The SMILES string of the molecule is COC1CN(c2c(N)cccc2F)C1. The highest BCUT2D eigenvalue weighted by Gasteiger charge is 2.29. The summed E-state index contributed by atoms with van der Waals surface area (Å²) in [5.41, 5.74) is 6.68. The molecule has 0 bridgehead atoms. The van der Waals surface area contributed by atoms with Crippen LogP contribution in [0.1, 0.15) is 0 Å². The lowest BCUT2D eigenvalue weighted by atomic mass is 10.1. The van der Waals surface area contributed by atoms with Crippen LogP contribution in [0.25, 0.3) is 0 Å². The van der Waals surface area contributed by atoms with Gasteiger partial charge in [0.2, 0.25) is 0 Å². The summed E-state index contributed by atoms with van der Waals surface area (Å²) in [5.74, 6) is -0.264. The zero-order valence-corrected chi connectivity index (χ0v) is 8.03. The molecule has 0 amide bonds. The first-order valence-corrected chi connectivity index (χ1v) is 4.54. The van der Waals surface area contributed by atoms with Gasteiger partial charge in [-0.1, -0.05) is 6.07 Å². The highest BCUT2D eigenvalue weighted by Crippen LogP contribution is 2.30. The number of ether oxygens (including phenoxy) is 1. The Morgan fingerprint density at radius 1 is 1.50 bits per heavy atom. The number of halogens is 1. The van der Waals surface area contributed by atoms with Crippen molar-refractivity contribution in [2.24, 2.45) is 0 Å². The molecule has 0 unspecified atom stereocenters. The van der Waals surface area contributed by atoms with Gasteiger partial charge in [-0.25, -0.2) is 4.39 Å². The van der Waals surface area contributed by atoms with Crippen LogP contribution in [0.5, 0.6) is 0 Å². The molecule has 1 saturated heterocycles. The van der Waals surface area contributed by atoms with Crippen molar-refractivity contribution in [1.82, 2.24) is 0 Å². The second kappa shape index (κ2) is 3.46. The number of nitrogen functional groups attached to an aromatic ring is 1. The fourth-order valence-corrected chi connectivity index (χ4v) is 1.64. The predicted molar refractivity (Wildman–Crippen MR) is 53.8 cm³/mol. The van der Waals surface area contributed by atoms with Crippen LogP contribution in [0.15, 0.2) is 18.2 Å². The minimum absolute atomic E-state index is 0.203. The molecule has 14 heavy (non-hydrogen) atoms. The van der Waals surface area contributed by atoms with Crippen LogP contribution < -0.4 is 10.6 Å². The van der Waals surface area contributed by atoms with E-state index in [0.29, 0.717) is 24.5 Å². The third-order valence-corrected chi connectivity index (χ3v) is 2.52. The molecule has 1 aromatic carbocycles. The fourth-order valence-electron chi connectivity index (χ4n) is 1.64. The maximum atomic E-state index is 13.4. The molecule has 0 radical (unpaired) electrons. The Balaban J connectivity index is 2.18. The Hall–Kier alpha value is -1.29. The maximum Gasteiger partial charge on any atom is 0.148 e. The van der Waals surface area contributed by atoms with E-state index in [9.17, 15) is 4.39 Å². The second-order valence-corrected chi connectivity index (χ2v) is 3.44. The molecule has 1 aliphatic heterocycles. The first-order chi connectivity index (χ1) is 6.72. The lowest BCUT2D eigenvalue weighted by molar-refractivity contribution is 0.0785. The number of anilines is 2. The summed E-state index contributed by atoms with van der Waals surface area (Å²) in [4.78, 5) is 1.89. The molecule has 3 nitrogen and oxygen atoms in total. The molecular formula is C10H13FN2O. The smallest absolute Gasteiger partial charge is 0.148 e. The molecule has 0 aromatic heterocycles. The Labute approximate surface area is 82.3 Å².